The number of amides is 1. The fraction of sp³-hybridized carbons (Fsp3) is 0.333. The molecule has 0 aliphatic heterocycles. The van der Waals surface area contributed by atoms with E-state index in [1.165, 1.54) is 36.5 Å². The van der Waals surface area contributed by atoms with Gasteiger partial charge < -0.3 is 0 Å². The summed E-state index contributed by atoms with van der Waals surface area (Å²) < 4.78 is 0. The van der Waals surface area contributed by atoms with Crippen LogP contribution in [0.4, 0.5) is 0 Å². The molecule has 136 valence electrons. The summed E-state index contributed by atoms with van der Waals surface area (Å²) in [5.74, 6) is 0.784. The van der Waals surface area contributed by atoms with Gasteiger partial charge in [0.1, 0.15) is 0 Å². The van der Waals surface area contributed by atoms with Gasteiger partial charge in [-0.15, -0.1) is 0 Å². The number of hydrogen-bond donors (Lipinski definition) is 1. The van der Waals surface area contributed by atoms with Crippen LogP contribution in [0, 0.1) is 17.3 Å². The van der Waals surface area contributed by atoms with Crippen LogP contribution in [0.2, 0.25) is 0 Å². The highest BCUT2D eigenvalue weighted by Gasteiger charge is 2.64. The highest BCUT2D eigenvalue weighted by molar-refractivity contribution is 6.13. The quantitative estimate of drug-likeness (QED) is 0.388. The first-order valence-electron chi connectivity index (χ1n) is 9.92. The van der Waals surface area contributed by atoms with Crippen molar-refractivity contribution in [3.05, 3.63) is 60.2 Å². The van der Waals surface area contributed by atoms with Crippen molar-refractivity contribution < 1.29 is 4.79 Å². The van der Waals surface area contributed by atoms with Crippen LogP contribution in [0.25, 0.3) is 21.5 Å². The van der Waals surface area contributed by atoms with E-state index in [1.54, 1.807) is 0 Å². The summed E-state index contributed by atoms with van der Waals surface area (Å²) in [5, 5.41) is 9.05. The second kappa shape index (κ2) is 6.19. The molecule has 0 radical (unpaired) electrons. The minimum absolute atomic E-state index is 0.0881. The summed E-state index contributed by atoms with van der Waals surface area (Å²) in [4.78, 5) is 12.7. The van der Waals surface area contributed by atoms with Crippen molar-refractivity contribution in [2.75, 3.05) is 0 Å². The molecular formula is C24H24N2O. The number of fused-ring (bicyclic) bond motifs is 3. The Balaban J connectivity index is 1.44. The molecule has 0 bridgehead atoms. The smallest absolute Gasteiger partial charge is 0.244 e. The van der Waals surface area contributed by atoms with Crippen molar-refractivity contribution in [3.63, 3.8) is 0 Å². The van der Waals surface area contributed by atoms with E-state index < -0.39 is 0 Å². The van der Waals surface area contributed by atoms with Gasteiger partial charge in [-0.25, -0.2) is 5.43 Å². The molecule has 3 aromatic carbocycles. The fourth-order valence-corrected chi connectivity index (χ4v) is 5.27. The first-order valence-corrected chi connectivity index (χ1v) is 9.92. The van der Waals surface area contributed by atoms with Crippen LogP contribution in [-0.2, 0) is 4.79 Å². The molecule has 2 aliphatic carbocycles. The Bertz CT molecular complexity index is 1020. The van der Waals surface area contributed by atoms with Gasteiger partial charge in [-0.2, -0.15) is 5.10 Å². The van der Waals surface area contributed by atoms with Gasteiger partial charge in [0.05, 0.1) is 6.21 Å². The van der Waals surface area contributed by atoms with Crippen molar-refractivity contribution in [1.82, 2.24) is 5.43 Å². The summed E-state index contributed by atoms with van der Waals surface area (Å²) in [5.41, 5.74) is 4.11. The molecule has 2 saturated carbocycles. The fourth-order valence-electron chi connectivity index (χ4n) is 5.27. The minimum atomic E-state index is 0.0881. The van der Waals surface area contributed by atoms with Gasteiger partial charge in [0, 0.05) is 11.5 Å². The van der Waals surface area contributed by atoms with E-state index >= 15 is 0 Å². The lowest BCUT2D eigenvalue weighted by molar-refractivity contribution is -0.123. The molecule has 3 aromatic rings. The standard InChI is InChI=1S/C24H24N2O/c1-24-13-7-6-12-21(24)22(24)23(27)26-25-15-20-18-10-4-2-8-16(18)14-17-9-3-5-11-19(17)20/h2-5,8-11,14-15,21-22H,6-7,12-13H2,1H3,(H,26,27)/b25-15-/t21-,22+,24+/m1/s1. The second-order valence-corrected chi connectivity index (χ2v) is 8.30. The molecule has 0 unspecified atom stereocenters. The van der Waals surface area contributed by atoms with Crippen LogP contribution in [0.3, 0.4) is 0 Å². The second-order valence-electron chi connectivity index (χ2n) is 8.30. The summed E-state index contributed by atoms with van der Waals surface area (Å²) in [6, 6.07) is 18.9. The van der Waals surface area contributed by atoms with Crippen LogP contribution in [0.15, 0.2) is 59.7 Å². The molecule has 27 heavy (non-hydrogen) atoms. The number of nitrogens with one attached hydrogen (secondary N) is 1. The first-order chi connectivity index (χ1) is 13.2. The van der Waals surface area contributed by atoms with Crippen molar-refractivity contribution in [3.8, 4) is 0 Å². The maximum Gasteiger partial charge on any atom is 0.244 e. The lowest BCUT2D eigenvalue weighted by atomic mass is 9.90. The van der Waals surface area contributed by atoms with Crippen LogP contribution in [0.1, 0.15) is 38.2 Å². The third-order valence-corrected chi connectivity index (χ3v) is 6.80. The molecular weight excluding hydrogens is 332 g/mol. The zero-order chi connectivity index (χ0) is 18.4. The molecule has 3 heteroatoms. The van der Waals surface area contributed by atoms with E-state index in [0.717, 1.165) is 16.3 Å². The zero-order valence-electron chi connectivity index (χ0n) is 15.6. The minimum Gasteiger partial charge on any atom is -0.273 e. The van der Waals surface area contributed by atoms with E-state index in [0.29, 0.717) is 5.92 Å². The monoisotopic (exact) mass is 356 g/mol. The number of carbonyl (C=O) groups is 1. The summed E-state index contributed by atoms with van der Waals surface area (Å²) in [6.45, 7) is 2.27. The molecule has 0 spiro atoms. The maximum absolute atomic E-state index is 12.7. The topological polar surface area (TPSA) is 41.5 Å². The Hall–Kier alpha value is -2.68. The van der Waals surface area contributed by atoms with Gasteiger partial charge in [0.2, 0.25) is 5.91 Å². The highest BCUT2D eigenvalue weighted by Crippen LogP contribution is 2.66. The molecule has 0 aromatic heterocycles. The normalized spacial score (nSPS) is 27.0. The molecule has 0 saturated heterocycles. The summed E-state index contributed by atoms with van der Waals surface area (Å²) in [6.07, 6.45) is 6.69. The molecule has 3 atom stereocenters. The van der Waals surface area contributed by atoms with E-state index in [-0.39, 0.29) is 17.2 Å². The Kier molecular flexibility index (Phi) is 3.78. The van der Waals surface area contributed by atoms with E-state index in [4.69, 9.17) is 0 Å². The van der Waals surface area contributed by atoms with Crippen molar-refractivity contribution in [1.29, 1.82) is 0 Å². The van der Waals surface area contributed by atoms with Gasteiger partial charge in [-0.05, 0) is 51.8 Å². The number of rotatable bonds is 3. The SMILES string of the molecule is C[C@]12CCCC[C@@H]1[C@H]2C(=O)N/N=C\c1c2ccccc2cc2ccccc12. The van der Waals surface area contributed by atoms with Crippen molar-refractivity contribution in [2.45, 2.75) is 32.6 Å². The van der Waals surface area contributed by atoms with Crippen LogP contribution >= 0.6 is 0 Å². The summed E-state index contributed by atoms with van der Waals surface area (Å²) in [7, 11) is 0. The number of carbonyl (C=O) groups excluding carboxylic acids is 1. The third kappa shape index (κ3) is 2.64. The van der Waals surface area contributed by atoms with E-state index in [1.807, 2.05) is 18.3 Å². The lowest BCUT2D eigenvalue weighted by Gasteiger charge is -2.15. The first kappa shape index (κ1) is 16.5. The largest absolute Gasteiger partial charge is 0.273 e. The van der Waals surface area contributed by atoms with Crippen molar-refractivity contribution in [2.24, 2.45) is 22.4 Å². The van der Waals surface area contributed by atoms with Crippen LogP contribution in [-0.4, -0.2) is 12.1 Å². The molecule has 2 aliphatic rings. The number of benzene rings is 3. The van der Waals surface area contributed by atoms with Gasteiger partial charge in [0.15, 0.2) is 0 Å². The Morgan fingerprint density at radius 1 is 1.07 bits per heavy atom. The van der Waals surface area contributed by atoms with Gasteiger partial charge in [-0.1, -0.05) is 68.3 Å². The maximum atomic E-state index is 12.7. The number of hydrazone groups is 1. The molecule has 2 fully saturated rings. The highest BCUT2D eigenvalue weighted by atomic mass is 16.2. The van der Waals surface area contributed by atoms with E-state index in [2.05, 4.69) is 59.9 Å². The third-order valence-electron chi connectivity index (χ3n) is 6.80. The zero-order valence-corrected chi connectivity index (χ0v) is 15.6. The van der Waals surface area contributed by atoms with Gasteiger partial charge in [0.25, 0.3) is 0 Å². The van der Waals surface area contributed by atoms with E-state index in [9.17, 15) is 4.79 Å². The lowest BCUT2D eigenvalue weighted by Crippen LogP contribution is -2.22. The molecule has 0 heterocycles. The molecule has 3 nitrogen and oxygen atoms in total. The van der Waals surface area contributed by atoms with Crippen LogP contribution in [0.5, 0.6) is 0 Å². The average Bonchev–Trinajstić information content (AvgIpc) is 3.33. The predicted molar refractivity (Wildman–Crippen MR) is 111 cm³/mol. The van der Waals surface area contributed by atoms with Gasteiger partial charge in [-0.3, -0.25) is 4.79 Å². The predicted octanol–water partition coefficient (Wildman–Crippen LogP) is 5.27. The van der Waals surface area contributed by atoms with Crippen LogP contribution < -0.4 is 5.43 Å². The van der Waals surface area contributed by atoms with Crippen molar-refractivity contribution >= 4 is 33.7 Å². The number of hydrogen-bond acceptors (Lipinski definition) is 2. The Morgan fingerprint density at radius 3 is 2.37 bits per heavy atom. The van der Waals surface area contributed by atoms with Gasteiger partial charge >= 0.3 is 0 Å². The Labute approximate surface area is 159 Å². The molecule has 5 rings (SSSR count). The Morgan fingerprint density at radius 2 is 1.74 bits per heavy atom. The average molecular weight is 356 g/mol. The number of nitrogens with zero attached hydrogens (tertiary/aromatic N) is 1. The molecule has 1 amide bonds. The molecule has 1 N–H and O–H groups in total. The summed E-state index contributed by atoms with van der Waals surface area (Å²) >= 11 is 0.